The lowest BCUT2D eigenvalue weighted by atomic mass is 10.1. The van der Waals surface area contributed by atoms with E-state index in [1.54, 1.807) is 6.07 Å². The molecule has 0 saturated carbocycles. The maximum Gasteiger partial charge on any atom is 0.329 e. The fraction of sp³-hybridized carbons (Fsp3) is 0. The summed E-state index contributed by atoms with van der Waals surface area (Å²) in [4.78, 5) is 10.4. The number of rotatable bonds is 2. The van der Waals surface area contributed by atoms with Gasteiger partial charge in [0.15, 0.2) is 0 Å². The van der Waals surface area contributed by atoms with Crippen LogP contribution in [0, 0.1) is 11.3 Å². The summed E-state index contributed by atoms with van der Waals surface area (Å²) in [6.45, 7) is 0. The van der Waals surface area contributed by atoms with Crippen LogP contribution in [-0.4, -0.2) is 11.1 Å². The third-order valence-corrected chi connectivity index (χ3v) is 2.36. The van der Waals surface area contributed by atoms with Crippen molar-refractivity contribution in [2.45, 2.75) is 0 Å². The van der Waals surface area contributed by atoms with E-state index in [9.17, 15) is 4.79 Å². The van der Waals surface area contributed by atoms with Gasteiger partial charge in [-0.1, -0.05) is 29.3 Å². The summed E-state index contributed by atoms with van der Waals surface area (Å²) < 4.78 is 0. The Bertz CT molecular complexity index is 475. The third kappa shape index (κ3) is 2.98. The Balaban J connectivity index is 3.21. The molecule has 1 rings (SSSR count). The number of nitrogens with zero attached hydrogens (tertiary/aromatic N) is 1. The molecule has 15 heavy (non-hydrogen) atoms. The van der Waals surface area contributed by atoms with Gasteiger partial charge in [0.05, 0.1) is 15.6 Å². The van der Waals surface area contributed by atoms with E-state index in [0.717, 1.165) is 6.08 Å². The highest BCUT2D eigenvalue weighted by molar-refractivity contribution is 6.42. The number of carboxylic acid groups (broad SMARTS) is 1. The molecule has 0 aliphatic carbocycles. The van der Waals surface area contributed by atoms with E-state index in [2.05, 4.69) is 0 Å². The molecule has 0 fully saturated rings. The quantitative estimate of drug-likeness (QED) is 0.640. The van der Waals surface area contributed by atoms with Gasteiger partial charge in [0, 0.05) is 6.08 Å². The molecule has 3 nitrogen and oxygen atoms in total. The number of carbonyl (C=O) groups is 1. The van der Waals surface area contributed by atoms with Gasteiger partial charge in [-0.05, 0) is 17.7 Å². The Kier molecular flexibility index (Phi) is 3.73. The minimum Gasteiger partial charge on any atom is -0.478 e. The van der Waals surface area contributed by atoms with Gasteiger partial charge in [0.2, 0.25) is 0 Å². The second-order valence-electron chi connectivity index (χ2n) is 2.64. The highest BCUT2D eigenvalue weighted by Gasteiger charge is 2.05. The van der Waals surface area contributed by atoms with Crippen molar-refractivity contribution in [1.82, 2.24) is 0 Å². The van der Waals surface area contributed by atoms with Crippen molar-refractivity contribution in [2.75, 3.05) is 0 Å². The standard InChI is InChI=1S/C10H5Cl2NO2/c11-8-2-1-6(3-9(8)12)7(5-13)4-10(14)15/h1-4H,(H,14,15)/b7-4+. The van der Waals surface area contributed by atoms with Crippen LogP contribution in [0.2, 0.25) is 10.0 Å². The van der Waals surface area contributed by atoms with Gasteiger partial charge in [-0.2, -0.15) is 5.26 Å². The second-order valence-corrected chi connectivity index (χ2v) is 3.45. The van der Waals surface area contributed by atoms with Crippen molar-refractivity contribution in [1.29, 1.82) is 5.26 Å². The van der Waals surface area contributed by atoms with E-state index in [1.807, 2.05) is 0 Å². The molecule has 0 aromatic heterocycles. The number of halogens is 2. The molecule has 0 heterocycles. The minimum absolute atomic E-state index is 0.0288. The fourth-order valence-electron chi connectivity index (χ4n) is 0.967. The van der Waals surface area contributed by atoms with Gasteiger partial charge < -0.3 is 5.11 Å². The van der Waals surface area contributed by atoms with E-state index < -0.39 is 5.97 Å². The molecule has 1 aromatic rings. The Hall–Kier alpha value is -1.50. The van der Waals surface area contributed by atoms with Gasteiger partial charge in [-0.15, -0.1) is 0 Å². The minimum atomic E-state index is -1.18. The third-order valence-electron chi connectivity index (χ3n) is 1.62. The van der Waals surface area contributed by atoms with Gasteiger partial charge in [0.1, 0.15) is 6.07 Å². The first-order valence-electron chi connectivity index (χ1n) is 3.84. The number of carboxylic acids is 1. The smallest absolute Gasteiger partial charge is 0.329 e. The lowest BCUT2D eigenvalue weighted by molar-refractivity contribution is -0.131. The first-order valence-corrected chi connectivity index (χ1v) is 4.60. The Morgan fingerprint density at radius 3 is 2.53 bits per heavy atom. The van der Waals surface area contributed by atoms with E-state index >= 15 is 0 Å². The van der Waals surface area contributed by atoms with Crippen molar-refractivity contribution in [2.24, 2.45) is 0 Å². The highest BCUT2D eigenvalue weighted by Crippen LogP contribution is 2.25. The zero-order valence-electron chi connectivity index (χ0n) is 7.37. The summed E-state index contributed by atoms with van der Waals surface area (Å²) in [5.41, 5.74) is 0.454. The van der Waals surface area contributed by atoms with Gasteiger partial charge in [0.25, 0.3) is 0 Å². The summed E-state index contributed by atoms with van der Waals surface area (Å²) in [5.74, 6) is -1.18. The molecular formula is C10H5Cl2NO2. The van der Waals surface area contributed by atoms with Crippen molar-refractivity contribution >= 4 is 34.7 Å². The van der Waals surface area contributed by atoms with E-state index in [0.29, 0.717) is 10.6 Å². The number of aliphatic carboxylic acids is 1. The number of hydrogen-bond acceptors (Lipinski definition) is 2. The Labute approximate surface area is 96.2 Å². The molecule has 76 valence electrons. The predicted octanol–water partition coefficient (Wildman–Crippen LogP) is 2.98. The SMILES string of the molecule is N#C/C(=C\C(=O)O)c1ccc(Cl)c(Cl)c1. The molecule has 5 heteroatoms. The molecule has 0 amide bonds. The van der Waals surface area contributed by atoms with Gasteiger partial charge in [-0.25, -0.2) is 4.79 Å². The average Bonchev–Trinajstić information content (AvgIpc) is 2.18. The predicted molar refractivity (Wildman–Crippen MR) is 57.7 cm³/mol. The van der Waals surface area contributed by atoms with Crippen LogP contribution in [-0.2, 0) is 4.79 Å². The van der Waals surface area contributed by atoms with Crippen molar-refractivity contribution < 1.29 is 9.90 Å². The lowest BCUT2D eigenvalue weighted by Crippen LogP contribution is -1.91. The van der Waals surface area contributed by atoms with E-state index in [1.165, 1.54) is 18.2 Å². The zero-order chi connectivity index (χ0) is 11.4. The first-order chi connectivity index (χ1) is 7.04. The molecule has 0 aliphatic heterocycles. The zero-order valence-corrected chi connectivity index (χ0v) is 8.88. The maximum atomic E-state index is 10.4. The molecule has 0 unspecified atom stereocenters. The Morgan fingerprint density at radius 1 is 1.40 bits per heavy atom. The average molecular weight is 242 g/mol. The van der Waals surface area contributed by atoms with Crippen LogP contribution in [0.4, 0.5) is 0 Å². The second kappa shape index (κ2) is 4.83. The van der Waals surface area contributed by atoms with Crippen LogP contribution in [0.1, 0.15) is 5.56 Å². The monoisotopic (exact) mass is 241 g/mol. The van der Waals surface area contributed by atoms with Gasteiger partial charge >= 0.3 is 5.97 Å². The van der Waals surface area contributed by atoms with Crippen LogP contribution >= 0.6 is 23.2 Å². The molecule has 0 saturated heterocycles. The number of benzene rings is 1. The summed E-state index contributed by atoms with van der Waals surface area (Å²) in [6.07, 6.45) is 0.819. The summed E-state index contributed by atoms with van der Waals surface area (Å²) in [6, 6.07) is 6.26. The van der Waals surface area contributed by atoms with Crippen molar-refractivity contribution in [3.63, 3.8) is 0 Å². The molecular weight excluding hydrogens is 237 g/mol. The summed E-state index contributed by atoms with van der Waals surface area (Å²) in [7, 11) is 0. The van der Waals surface area contributed by atoms with Crippen LogP contribution < -0.4 is 0 Å². The molecule has 0 spiro atoms. The molecule has 1 aromatic carbocycles. The van der Waals surface area contributed by atoms with E-state index in [-0.39, 0.29) is 10.6 Å². The topological polar surface area (TPSA) is 61.1 Å². The first kappa shape index (κ1) is 11.6. The number of allylic oxidation sites excluding steroid dienone is 1. The van der Waals surface area contributed by atoms with Gasteiger partial charge in [-0.3, -0.25) is 0 Å². The van der Waals surface area contributed by atoms with E-state index in [4.69, 9.17) is 33.6 Å². The summed E-state index contributed by atoms with van der Waals surface area (Å²) in [5, 5.41) is 17.9. The van der Waals surface area contributed by atoms with Crippen molar-refractivity contribution in [3.8, 4) is 6.07 Å². The molecule has 0 aliphatic rings. The van der Waals surface area contributed by atoms with Crippen molar-refractivity contribution in [3.05, 3.63) is 39.9 Å². The number of nitriles is 1. The lowest BCUT2D eigenvalue weighted by Gasteiger charge is -2.00. The van der Waals surface area contributed by atoms with Crippen LogP contribution in [0.3, 0.4) is 0 Å². The van der Waals surface area contributed by atoms with Crippen LogP contribution in [0.25, 0.3) is 5.57 Å². The van der Waals surface area contributed by atoms with Crippen LogP contribution in [0.5, 0.6) is 0 Å². The molecule has 1 N–H and O–H groups in total. The largest absolute Gasteiger partial charge is 0.478 e. The molecule has 0 atom stereocenters. The van der Waals surface area contributed by atoms with Crippen LogP contribution in [0.15, 0.2) is 24.3 Å². The highest BCUT2D eigenvalue weighted by atomic mass is 35.5. The molecule has 0 radical (unpaired) electrons. The Morgan fingerprint density at radius 2 is 2.07 bits per heavy atom. The molecule has 0 bridgehead atoms. The fourth-order valence-corrected chi connectivity index (χ4v) is 1.27. The number of hydrogen-bond donors (Lipinski definition) is 1. The maximum absolute atomic E-state index is 10.4. The summed E-state index contributed by atoms with van der Waals surface area (Å²) >= 11 is 11.4. The normalized spacial score (nSPS) is 10.9.